The minimum absolute atomic E-state index is 0.00381. The van der Waals surface area contributed by atoms with Crippen LogP contribution in [0.3, 0.4) is 0 Å². The summed E-state index contributed by atoms with van der Waals surface area (Å²) in [5.41, 5.74) is 18.5. The van der Waals surface area contributed by atoms with Crippen LogP contribution in [0.4, 0.5) is 11.4 Å². The number of piperidine rings is 4. The number of aromatic amines is 4. The van der Waals surface area contributed by atoms with Crippen molar-refractivity contribution in [2.24, 2.45) is 10.9 Å². The summed E-state index contributed by atoms with van der Waals surface area (Å²) in [4.78, 5) is 97.6. The molecule has 3 amide bonds. The van der Waals surface area contributed by atoms with E-state index >= 15 is 0 Å². The van der Waals surface area contributed by atoms with E-state index in [4.69, 9.17) is 48.7 Å². The number of imidazole rings is 4. The van der Waals surface area contributed by atoms with Crippen molar-refractivity contribution in [3.63, 3.8) is 0 Å². The maximum Gasteiger partial charge on any atom is 0.335 e. The van der Waals surface area contributed by atoms with E-state index in [0.29, 0.717) is 88.5 Å². The molecule has 0 aliphatic carbocycles. The van der Waals surface area contributed by atoms with Gasteiger partial charge in [0.1, 0.15) is 23.3 Å². The van der Waals surface area contributed by atoms with Crippen molar-refractivity contribution in [2.45, 2.75) is 88.4 Å². The summed E-state index contributed by atoms with van der Waals surface area (Å²) in [6, 6.07) is 59.3. The van der Waals surface area contributed by atoms with Crippen molar-refractivity contribution in [3.05, 3.63) is 274 Å². The Kier molecular flexibility index (Phi) is 23.5. The van der Waals surface area contributed by atoms with Gasteiger partial charge >= 0.3 is 5.97 Å². The van der Waals surface area contributed by atoms with Crippen molar-refractivity contribution < 1.29 is 34.0 Å². The van der Waals surface area contributed by atoms with Crippen molar-refractivity contribution in [2.75, 3.05) is 52.4 Å². The first-order valence-electron chi connectivity index (χ1n) is 36.3. The SMILES string of the molecule is CCc1nc(-c2ccc(C(=O)N3CCC(c4nc5ccccc5[nH]4)CC3)cc2)no1.NC(=NO)c1ccc(C(=O)N2CCC(c3nc4ccccc4[nH]3)CC2)cc1.[C-]#[N+]c1ccc(C(=O)N2CCC(c3nc4ccccc4[nH]3)CC2)cc1.[C-]#[N+]c1ccc(C(=O)O)cc1.c1ccc2[nH]c(C3CCNCC3)nc2c1. The molecular weight excluding hydrogens is 1360 g/mol. The van der Waals surface area contributed by atoms with Crippen LogP contribution in [0.25, 0.3) is 65.2 Å². The highest BCUT2D eigenvalue weighted by Crippen LogP contribution is 2.33. The Balaban J connectivity index is 0.000000123. The van der Waals surface area contributed by atoms with Crippen LogP contribution in [0.15, 0.2) is 204 Å². The van der Waals surface area contributed by atoms with Gasteiger partial charge in [-0.3, -0.25) is 14.4 Å². The fourth-order valence-electron chi connectivity index (χ4n) is 13.9. The van der Waals surface area contributed by atoms with Crippen LogP contribution in [0.5, 0.6) is 0 Å². The van der Waals surface area contributed by atoms with Gasteiger partial charge in [-0.2, -0.15) is 4.98 Å². The molecule has 25 nitrogen and oxygen atoms in total. The molecule has 4 fully saturated rings. The van der Waals surface area contributed by atoms with Gasteiger partial charge in [0.25, 0.3) is 17.7 Å². The normalized spacial score (nSPS) is 15.1. The quantitative estimate of drug-likeness (QED) is 0.0196. The lowest BCUT2D eigenvalue weighted by Crippen LogP contribution is -2.38. The molecular formula is C83H82N18O7. The summed E-state index contributed by atoms with van der Waals surface area (Å²) in [6.45, 7) is 22.1. The third-order valence-electron chi connectivity index (χ3n) is 20.0. The molecule has 0 unspecified atom stereocenters. The number of oxime groups is 1. The molecule has 0 spiro atoms. The van der Waals surface area contributed by atoms with Gasteiger partial charge in [0.15, 0.2) is 17.2 Å². The molecule has 9 heterocycles. The first-order valence-corrected chi connectivity index (χ1v) is 36.3. The highest BCUT2D eigenvalue weighted by Gasteiger charge is 2.30. The zero-order valence-corrected chi connectivity index (χ0v) is 59.7. The lowest BCUT2D eigenvalue weighted by atomic mass is 9.95. The number of carboxylic acids is 1. The number of nitrogens with two attached hydrogens (primary N) is 1. The van der Waals surface area contributed by atoms with Crippen molar-refractivity contribution in [1.29, 1.82) is 0 Å². The number of hydrogen-bond donors (Lipinski definition) is 8. The predicted molar refractivity (Wildman–Crippen MR) is 413 cm³/mol. The molecule has 0 radical (unpaired) electrons. The highest BCUT2D eigenvalue weighted by molar-refractivity contribution is 6.00. The maximum absolute atomic E-state index is 12.9. The van der Waals surface area contributed by atoms with Crippen LogP contribution in [0.2, 0.25) is 0 Å². The van der Waals surface area contributed by atoms with Crippen LogP contribution < -0.4 is 11.1 Å². The molecule has 5 aromatic heterocycles. The summed E-state index contributed by atoms with van der Waals surface area (Å²) < 4.78 is 5.16. The lowest BCUT2D eigenvalue weighted by Gasteiger charge is -2.31. The first kappa shape index (κ1) is 73.2. The monoisotopic (exact) mass is 1440 g/mol. The number of aromatic nitrogens is 10. The molecule has 4 aliphatic heterocycles. The Morgan fingerprint density at radius 1 is 0.454 bits per heavy atom. The molecule has 0 saturated carbocycles. The highest BCUT2D eigenvalue weighted by atomic mass is 16.5. The van der Waals surface area contributed by atoms with E-state index in [-0.39, 0.29) is 29.1 Å². The lowest BCUT2D eigenvalue weighted by molar-refractivity contribution is 0.0690. The van der Waals surface area contributed by atoms with Gasteiger partial charge in [-0.15, -0.1) is 0 Å². The van der Waals surface area contributed by atoms with Crippen LogP contribution in [-0.2, 0) is 6.42 Å². The number of carbonyl (C=O) groups is 4. The molecule has 17 rings (SSSR count). The first-order chi connectivity index (χ1) is 52.8. The summed E-state index contributed by atoms with van der Waals surface area (Å²) in [6.07, 6.45) is 8.49. The fourth-order valence-corrected chi connectivity index (χ4v) is 13.9. The number of amides is 3. The third kappa shape index (κ3) is 17.8. The second-order valence-electron chi connectivity index (χ2n) is 26.9. The Labute approximate surface area is 623 Å². The molecule has 546 valence electrons. The Morgan fingerprint density at radius 3 is 1.08 bits per heavy atom. The van der Waals surface area contributed by atoms with Gasteiger partial charge in [0.05, 0.1) is 62.8 Å². The van der Waals surface area contributed by atoms with E-state index in [1.165, 1.54) is 37.1 Å². The van der Waals surface area contributed by atoms with E-state index in [1.807, 2.05) is 131 Å². The largest absolute Gasteiger partial charge is 0.478 e. The average Bonchev–Trinajstić information content (AvgIpc) is 1.21. The number of likely N-dealkylation sites (tertiary alicyclic amines) is 3. The van der Waals surface area contributed by atoms with Gasteiger partial charge in [-0.25, -0.2) is 34.4 Å². The molecule has 8 aromatic carbocycles. The Morgan fingerprint density at radius 2 is 0.769 bits per heavy atom. The molecule has 25 heteroatoms. The molecule has 13 aromatic rings. The smallest absolute Gasteiger partial charge is 0.335 e. The average molecular weight is 1440 g/mol. The predicted octanol–water partition coefficient (Wildman–Crippen LogP) is 15.0. The topological polar surface area (TPSA) is 331 Å². The van der Waals surface area contributed by atoms with E-state index in [2.05, 4.69) is 67.4 Å². The number of rotatable bonds is 11. The Bertz CT molecular complexity index is 5220. The molecule has 0 atom stereocenters. The van der Waals surface area contributed by atoms with Gasteiger partial charge in [-0.1, -0.05) is 139 Å². The number of benzene rings is 8. The number of aryl methyl sites for hydroxylation is 1. The number of H-pyrrole nitrogens is 4. The minimum atomic E-state index is -0.971. The summed E-state index contributed by atoms with van der Waals surface area (Å²) in [7, 11) is 0. The molecule has 0 bridgehead atoms. The number of nitrogens with one attached hydrogen (secondary N) is 5. The number of aromatic carboxylic acids is 1. The maximum atomic E-state index is 12.9. The fraction of sp³-hybridized carbons (Fsp3) is 0.265. The zero-order chi connectivity index (χ0) is 74.9. The van der Waals surface area contributed by atoms with Crippen LogP contribution in [0, 0.1) is 13.1 Å². The molecule has 9 N–H and O–H groups in total. The Hall–Kier alpha value is -13.1. The van der Waals surface area contributed by atoms with E-state index in [1.54, 1.807) is 48.5 Å². The second kappa shape index (κ2) is 34.6. The number of fused-ring (bicyclic) bond motifs is 4. The zero-order valence-electron chi connectivity index (χ0n) is 59.7. The summed E-state index contributed by atoms with van der Waals surface area (Å²) in [5, 5.41) is 27.5. The third-order valence-corrected chi connectivity index (χ3v) is 20.0. The van der Waals surface area contributed by atoms with Gasteiger partial charge in [-0.05, 0) is 137 Å². The molecule has 4 saturated heterocycles. The van der Waals surface area contributed by atoms with Crippen LogP contribution in [0.1, 0.15) is 158 Å². The van der Waals surface area contributed by atoms with Crippen molar-refractivity contribution >= 4 is 85.0 Å². The molecule has 108 heavy (non-hydrogen) atoms. The standard InChI is InChI=1S/C23H23N5O2.C20H21N5O2.C20H18N4O.C12H15N3.C8H5NO2/c1-2-20-26-22(27-30-20)15-7-9-17(10-8-15)23(29)28-13-11-16(12-14-28)21-24-18-5-3-4-6-19(18)25-21;21-18(24-27)13-5-7-15(8-6-13)20(26)25-11-9-14(10-12-25)19-22-16-3-1-2-4-17(16)23-19;1-21-16-8-6-15(7-9-16)20(25)24-12-10-14(11-13-24)19-22-17-4-2-3-5-18(17)23-19;1-2-4-11-10(3-1)14-12(15-11)9-5-7-13-8-6-9;1-9-7-4-2-6(3-5-7)8(10)11/h3-10,16H,2,11-14H2,1H3,(H,24,25);1-8,14,27H,9-12H2,(H2,21,24)(H,22,23);2-9,14H,10-13H2,(H,22,23);1-4,9,13H,5-8H2,(H,14,15);2-5H,(H,10,11). The molecule has 4 aliphatic rings. The second-order valence-corrected chi connectivity index (χ2v) is 26.9. The summed E-state index contributed by atoms with van der Waals surface area (Å²) >= 11 is 0. The summed E-state index contributed by atoms with van der Waals surface area (Å²) in [5.74, 6) is 6.21. The number of carboxylic acid groups (broad SMARTS) is 1. The van der Waals surface area contributed by atoms with Gasteiger partial charge < -0.3 is 60.5 Å². The number of nitrogens with zero attached hydrogens (tertiary/aromatic N) is 12. The van der Waals surface area contributed by atoms with E-state index < -0.39 is 5.97 Å². The van der Waals surface area contributed by atoms with E-state index in [0.717, 1.165) is 151 Å². The van der Waals surface area contributed by atoms with Crippen molar-refractivity contribution in [3.8, 4) is 11.4 Å². The number of amidine groups is 1. The van der Waals surface area contributed by atoms with Gasteiger partial charge in [0.2, 0.25) is 11.7 Å². The number of hydrogen-bond acceptors (Lipinski definition) is 14. The number of para-hydroxylation sites is 8. The van der Waals surface area contributed by atoms with Crippen LogP contribution in [-0.4, -0.2) is 157 Å². The minimum Gasteiger partial charge on any atom is -0.478 e. The number of carbonyl (C=O) groups excluding carboxylic acids is 3. The van der Waals surface area contributed by atoms with Crippen molar-refractivity contribution in [1.82, 2.24) is 70.0 Å². The van der Waals surface area contributed by atoms with Crippen LogP contribution >= 0.6 is 0 Å². The van der Waals surface area contributed by atoms with Gasteiger partial charge in [0, 0.05) is 97.2 Å². The van der Waals surface area contributed by atoms with E-state index in [9.17, 15) is 19.2 Å².